The molecule has 0 aliphatic carbocycles. The van der Waals surface area contributed by atoms with E-state index in [2.05, 4.69) is 48.9 Å². The van der Waals surface area contributed by atoms with Gasteiger partial charge in [-0.05, 0) is 54.8 Å². The molecule has 1 fully saturated rings. The summed E-state index contributed by atoms with van der Waals surface area (Å²) in [5.74, 6) is 0.254. The number of para-hydroxylation sites is 1. The van der Waals surface area contributed by atoms with E-state index in [9.17, 15) is 13.2 Å². The molecule has 194 valence electrons. The Bertz CT molecular complexity index is 1530. The van der Waals surface area contributed by atoms with Crippen LogP contribution in [-0.2, 0) is 21.4 Å². The van der Waals surface area contributed by atoms with Crippen LogP contribution in [0.2, 0.25) is 0 Å². The fourth-order valence-electron chi connectivity index (χ4n) is 5.18. The van der Waals surface area contributed by atoms with Crippen LogP contribution in [0.1, 0.15) is 32.3 Å². The Morgan fingerprint density at radius 1 is 0.892 bits per heavy atom. The minimum Gasteiger partial charge on any atom is -0.341 e. The van der Waals surface area contributed by atoms with Gasteiger partial charge in [0.15, 0.2) is 0 Å². The molecule has 4 aromatic rings. The molecule has 1 N–H and O–H groups in total. The Kier molecular flexibility index (Phi) is 7.07. The number of fused-ring (bicyclic) bond motifs is 3. The smallest absolute Gasteiger partial charge is 0.243 e. The first-order valence-corrected chi connectivity index (χ1v) is 14.3. The van der Waals surface area contributed by atoms with E-state index in [4.69, 9.17) is 0 Å². The van der Waals surface area contributed by atoms with Crippen molar-refractivity contribution in [3.05, 3.63) is 72.3 Å². The van der Waals surface area contributed by atoms with Crippen LogP contribution in [0.3, 0.4) is 0 Å². The second-order valence-electron chi connectivity index (χ2n) is 9.95. The molecule has 1 saturated heterocycles. The quantitative estimate of drug-likeness (QED) is 0.378. The molecule has 1 aliphatic heterocycles. The standard InChI is InChI=1S/C29H34N4O3S/c1-4-33-27-8-6-5-7-25(27)26-19-23(11-14-28(26)33)30-29(34)20-31-15-17-32(18-16-31)37(35,36)24-12-9-22(10-13-24)21(2)3/h5-14,19,21H,4,15-18,20H2,1-3H3,(H,30,34). The highest BCUT2D eigenvalue weighted by molar-refractivity contribution is 7.89. The third-order valence-corrected chi connectivity index (χ3v) is 9.17. The molecular formula is C29H34N4O3S. The van der Waals surface area contributed by atoms with Crippen LogP contribution in [0.15, 0.2) is 71.6 Å². The van der Waals surface area contributed by atoms with Crippen molar-refractivity contribution >= 4 is 43.4 Å². The predicted molar refractivity (Wildman–Crippen MR) is 149 cm³/mol. The SMILES string of the molecule is CCn1c2ccccc2c2cc(NC(=O)CN3CCN(S(=O)(=O)c4ccc(C(C)C)cc4)CC3)ccc21. The molecule has 37 heavy (non-hydrogen) atoms. The summed E-state index contributed by atoms with van der Waals surface area (Å²) in [7, 11) is -3.54. The van der Waals surface area contributed by atoms with Crippen LogP contribution >= 0.6 is 0 Å². The topological polar surface area (TPSA) is 74.7 Å². The van der Waals surface area contributed by atoms with Gasteiger partial charge in [-0.15, -0.1) is 0 Å². The van der Waals surface area contributed by atoms with Crippen molar-refractivity contribution in [3.63, 3.8) is 0 Å². The summed E-state index contributed by atoms with van der Waals surface area (Å²) in [6, 6.07) is 21.5. The van der Waals surface area contributed by atoms with E-state index >= 15 is 0 Å². The van der Waals surface area contributed by atoms with Gasteiger partial charge in [-0.1, -0.05) is 44.2 Å². The highest BCUT2D eigenvalue weighted by atomic mass is 32.2. The van der Waals surface area contributed by atoms with Gasteiger partial charge in [0.1, 0.15) is 0 Å². The summed E-state index contributed by atoms with van der Waals surface area (Å²) in [4.78, 5) is 15.2. The maximum Gasteiger partial charge on any atom is 0.243 e. The highest BCUT2D eigenvalue weighted by Gasteiger charge is 2.29. The number of piperazine rings is 1. The maximum absolute atomic E-state index is 13.1. The minimum atomic E-state index is -3.54. The highest BCUT2D eigenvalue weighted by Crippen LogP contribution is 2.31. The lowest BCUT2D eigenvalue weighted by molar-refractivity contribution is -0.117. The van der Waals surface area contributed by atoms with E-state index in [1.807, 2.05) is 41.3 Å². The Morgan fingerprint density at radius 3 is 2.24 bits per heavy atom. The zero-order valence-corrected chi connectivity index (χ0v) is 22.5. The van der Waals surface area contributed by atoms with Crippen molar-refractivity contribution in [1.82, 2.24) is 13.8 Å². The molecule has 0 saturated carbocycles. The van der Waals surface area contributed by atoms with E-state index in [1.54, 1.807) is 12.1 Å². The van der Waals surface area contributed by atoms with Crippen molar-refractivity contribution < 1.29 is 13.2 Å². The van der Waals surface area contributed by atoms with Crippen LogP contribution in [0.5, 0.6) is 0 Å². The molecule has 2 heterocycles. The van der Waals surface area contributed by atoms with Crippen molar-refractivity contribution in [2.75, 3.05) is 38.0 Å². The van der Waals surface area contributed by atoms with Gasteiger partial charge in [0.25, 0.3) is 0 Å². The molecule has 1 aliphatic rings. The summed E-state index contributed by atoms with van der Waals surface area (Å²) in [5, 5.41) is 5.33. The fraction of sp³-hybridized carbons (Fsp3) is 0.345. The molecule has 8 heteroatoms. The zero-order chi connectivity index (χ0) is 26.2. The van der Waals surface area contributed by atoms with E-state index in [0.717, 1.165) is 28.7 Å². The zero-order valence-electron chi connectivity index (χ0n) is 21.6. The van der Waals surface area contributed by atoms with Crippen LogP contribution in [0.25, 0.3) is 21.8 Å². The number of carbonyl (C=O) groups is 1. The number of nitrogens with one attached hydrogen (secondary N) is 1. The van der Waals surface area contributed by atoms with Crippen LogP contribution in [0, 0.1) is 0 Å². The number of sulfonamides is 1. The lowest BCUT2D eigenvalue weighted by Crippen LogP contribution is -2.50. The number of carbonyl (C=O) groups excluding carboxylic acids is 1. The van der Waals surface area contributed by atoms with Crippen molar-refractivity contribution in [2.24, 2.45) is 0 Å². The number of benzene rings is 3. The molecule has 0 atom stereocenters. The summed E-state index contributed by atoms with van der Waals surface area (Å²) < 4.78 is 30.0. The fourth-order valence-corrected chi connectivity index (χ4v) is 6.60. The lowest BCUT2D eigenvalue weighted by Gasteiger charge is -2.33. The molecule has 3 aromatic carbocycles. The number of aromatic nitrogens is 1. The number of nitrogens with zero attached hydrogens (tertiary/aromatic N) is 3. The summed E-state index contributed by atoms with van der Waals surface area (Å²) >= 11 is 0. The molecule has 0 radical (unpaired) electrons. The monoisotopic (exact) mass is 518 g/mol. The maximum atomic E-state index is 13.1. The third-order valence-electron chi connectivity index (χ3n) is 7.26. The largest absolute Gasteiger partial charge is 0.341 e. The van der Waals surface area contributed by atoms with E-state index < -0.39 is 10.0 Å². The number of hydrogen-bond donors (Lipinski definition) is 1. The number of hydrogen-bond acceptors (Lipinski definition) is 4. The lowest BCUT2D eigenvalue weighted by atomic mass is 10.0. The molecule has 0 unspecified atom stereocenters. The third kappa shape index (κ3) is 5.01. The van der Waals surface area contributed by atoms with Gasteiger partial charge >= 0.3 is 0 Å². The number of anilines is 1. The molecule has 5 rings (SSSR count). The molecule has 7 nitrogen and oxygen atoms in total. The molecular weight excluding hydrogens is 484 g/mol. The van der Waals surface area contributed by atoms with Crippen molar-refractivity contribution in [1.29, 1.82) is 0 Å². The van der Waals surface area contributed by atoms with E-state index in [-0.39, 0.29) is 12.5 Å². The first-order chi connectivity index (χ1) is 17.8. The van der Waals surface area contributed by atoms with Gasteiger partial charge in [-0.25, -0.2) is 8.42 Å². The van der Waals surface area contributed by atoms with Gasteiger partial charge in [-0.3, -0.25) is 9.69 Å². The first kappa shape index (κ1) is 25.4. The average molecular weight is 519 g/mol. The molecule has 0 bridgehead atoms. The second kappa shape index (κ2) is 10.3. The second-order valence-corrected chi connectivity index (χ2v) is 11.9. The normalized spacial score (nSPS) is 15.6. The van der Waals surface area contributed by atoms with Crippen molar-refractivity contribution in [3.8, 4) is 0 Å². The number of amides is 1. The summed E-state index contributed by atoms with van der Waals surface area (Å²) in [6.07, 6.45) is 0. The van der Waals surface area contributed by atoms with Crippen LogP contribution in [0.4, 0.5) is 5.69 Å². The Balaban J connectivity index is 1.21. The first-order valence-electron chi connectivity index (χ1n) is 12.9. The van der Waals surface area contributed by atoms with Gasteiger partial charge in [0.05, 0.1) is 11.4 Å². The Morgan fingerprint density at radius 2 is 1.57 bits per heavy atom. The van der Waals surface area contributed by atoms with Gasteiger partial charge < -0.3 is 9.88 Å². The number of rotatable bonds is 7. The predicted octanol–water partition coefficient (Wildman–Crippen LogP) is 4.88. The van der Waals surface area contributed by atoms with Crippen LogP contribution in [-0.4, -0.2) is 60.8 Å². The van der Waals surface area contributed by atoms with E-state index in [1.165, 1.54) is 15.2 Å². The van der Waals surface area contributed by atoms with Crippen molar-refractivity contribution in [2.45, 2.75) is 38.1 Å². The van der Waals surface area contributed by atoms with Gasteiger partial charge in [0, 0.05) is 60.2 Å². The van der Waals surface area contributed by atoms with Gasteiger partial charge in [0.2, 0.25) is 15.9 Å². The Hall–Kier alpha value is -3.20. The average Bonchev–Trinajstić information content (AvgIpc) is 3.22. The Labute approximate surface area is 218 Å². The summed E-state index contributed by atoms with van der Waals surface area (Å²) in [5.41, 5.74) is 4.22. The number of aryl methyl sites for hydroxylation is 1. The molecule has 0 spiro atoms. The molecule has 1 amide bonds. The van der Waals surface area contributed by atoms with Crippen LogP contribution < -0.4 is 5.32 Å². The molecule has 1 aromatic heterocycles. The van der Waals surface area contributed by atoms with Gasteiger partial charge in [-0.2, -0.15) is 4.31 Å². The summed E-state index contributed by atoms with van der Waals surface area (Å²) in [6.45, 7) is 9.17. The van der Waals surface area contributed by atoms with E-state index in [0.29, 0.717) is 37.0 Å². The minimum absolute atomic E-state index is 0.0980.